The Morgan fingerprint density at radius 2 is 1.94 bits per heavy atom. The van der Waals surface area contributed by atoms with Crippen molar-refractivity contribution in [1.82, 2.24) is 4.98 Å². The number of rotatable bonds is 2. The predicted molar refractivity (Wildman–Crippen MR) is 68.8 cm³/mol. The van der Waals surface area contributed by atoms with Gasteiger partial charge in [0.1, 0.15) is 5.82 Å². The molecule has 0 atom stereocenters. The monoisotopic (exact) mass is 210 g/mol. The van der Waals surface area contributed by atoms with Gasteiger partial charge in [-0.1, -0.05) is 36.4 Å². The summed E-state index contributed by atoms with van der Waals surface area (Å²) in [7, 11) is 0. The van der Waals surface area contributed by atoms with E-state index in [4.69, 9.17) is 5.73 Å². The molecule has 0 spiro atoms. The first-order valence-electron chi connectivity index (χ1n) is 5.21. The smallest absolute Gasteiger partial charge is 0.123 e. The summed E-state index contributed by atoms with van der Waals surface area (Å²) in [6.45, 7) is 2.10. The molecule has 0 aliphatic carbocycles. The van der Waals surface area contributed by atoms with Gasteiger partial charge < -0.3 is 5.73 Å². The van der Waals surface area contributed by atoms with E-state index in [1.54, 1.807) is 6.20 Å². The Hall–Kier alpha value is -2.09. The van der Waals surface area contributed by atoms with Crippen LogP contribution in [0.2, 0.25) is 0 Å². The van der Waals surface area contributed by atoms with E-state index in [0.717, 1.165) is 5.56 Å². The van der Waals surface area contributed by atoms with Gasteiger partial charge in [-0.2, -0.15) is 0 Å². The van der Waals surface area contributed by atoms with Gasteiger partial charge >= 0.3 is 0 Å². The van der Waals surface area contributed by atoms with Crippen LogP contribution in [-0.4, -0.2) is 4.98 Å². The SMILES string of the molecule is Cc1ccccc1/C=C/c1ccnc(N)c1. The number of aryl methyl sites for hydroxylation is 1. The highest BCUT2D eigenvalue weighted by Crippen LogP contribution is 2.12. The van der Waals surface area contributed by atoms with Gasteiger partial charge in [-0.3, -0.25) is 0 Å². The van der Waals surface area contributed by atoms with E-state index in [2.05, 4.69) is 30.1 Å². The molecule has 0 radical (unpaired) electrons. The fourth-order valence-electron chi connectivity index (χ4n) is 1.53. The standard InChI is InChI=1S/C14H14N2/c1-11-4-2-3-5-13(11)7-6-12-8-9-16-14(15)10-12/h2-10H,1H3,(H2,15,16)/b7-6+. The molecule has 0 saturated heterocycles. The Kier molecular flexibility index (Phi) is 3.01. The second-order valence-electron chi connectivity index (χ2n) is 3.70. The van der Waals surface area contributed by atoms with Crippen LogP contribution in [0.5, 0.6) is 0 Å². The van der Waals surface area contributed by atoms with Crippen molar-refractivity contribution >= 4 is 18.0 Å². The molecule has 0 unspecified atom stereocenters. The zero-order valence-corrected chi connectivity index (χ0v) is 9.22. The number of aromatic nitrogens is 1. The van der Waals surface area contributed by atoms with Crippen LogP contribution in [-0.2, 0) is 0 Å². The molecule has 0 saturated carbocycles. The van der Waals surface area contributed by atoms with Crippen molar-refractivity contribution in [2.24, 2.45) is 0 Å². The predicted octanol–water partition coefficient (Wildman–Crippen LogP) is 3.14. The summed E-state index contributed by atoms with van der Waals surface area (Å²) in [6, 6.07) is 12.1. The maximum Gasteiger partial charge on any atom is 0.123 e. The highest BCUT2D eigenvalue weighted by molar-refractivity contribution is 5.71. The molecule has 2 rings (SSSR count). The van der Waals surface area contributed by atoms with Crippen LogP contribution in [0.1, 0.15) is 16.7 Å². The van der Waals surface area contributed by atoms with Gasteiger partial charge in [0.15, 0.2) is 0 Å². The molecule has 0 amide bonds. The number of nitrogens with zero attached hydrogens (tertiary/aromatic N) is 1. The van der Waals surface area contributed by atoms with Gasteiger partial charge in [0.05, 0.1) is 0 Å². The molecule has 0 aliphatic heterocycles. The van der Waals surface area contributed by atoms with Crippen LogP contribution in [0, 0.1) is 6.92 Å². The molecule has 1 aromatic carbocycles. The van der Waals surface area contributed by atoms with Crippen LogP contribution >= 0.6 is 0 Å². The van der Waals surface area contributed by atoms with Gasteiger partial charge in [-0.15, -0.1) is 0 Å². The molecule has 2 aromatic rings. The molecule has 1 aromatic heterocycles. The van der Waals surface area contributed by atoms with Gasteiger partial charge in [-0.05, 0) is 35.7 Å². The highest BCUT2D eigenvalue weighted by atomic mass is 14.8. The average Bonchev–Trinajstić information content (AvgIpc) is 2.28. The number of hydrogen-bond acceptors (Lipinski definition) is 2. The van der Waals surface area contributed by atoms with Crippen LogP contribution in [0.4, 0.5) is 5.82 Å². The topological polar surface area (TPSA) is 38.9 Å². The van der Waals surface area contributed by atoms with Crippen LogP contribution in [0.15, 0.2) is 42.6 Å². The molecular formula is C14H14N2. The molecule has 0 fully saturated rings. The Bertz CT molecular complexity index is 516. The Morgan fingerprint density at radius 1 is 1.12 bits per heavy atom. The van der Waals surface area contributed by atoms with E-state index in [9.17, 15) is 0 Å². The van der Waals surface area contributed by atoms with E-state index in [1.807, 2.05) is 30.3 Å². The third-order valence-electron chi connectivity index (χ3n) is 2.45. The Labute approximate surface area is 95.5 Å². The lowest BCUT2D eigenvalue weighted by Crippen LogP contribution is -1.88. The van der Waals surface area contributed by atoms with Gasteiger partial charge in [0.2, 0.25) is 0 Å². The lowest BCUT2D eigenvalue weighted by molar-refractivity contribution is 1.33. The summed E-state index contributed by atoms with van der Waals surface area (Å²) >= 11 is 0. The molecule has 0 bridgehead atoms. The maximum absolute atomic E-state index is 5.61. The van der Waals surface area contributed by atoms with E-state index < -0.39 is 0 Å². The molecule has 2 heteroatoms. The Balaban J connectivity index is 2.25. The number of hydrogen-bond donors (Lipinski definition) is 1. The average molecular weight is 210 g/mol. The van der Waals surface area contributed by atoms with Crippen molar-refractivity contribution in [3.63, 3.8) is 0 Å². The second-order valence-corrected chi connectivity index (χ2v) is 3.70. The molecular weight excluding hydrogens is 196 g/mol. The third kappa shape index (κ3) is 2.48. The zero-order valence-electron chi connectivity index (χ0n) is 9.22. The van der Waals surface area contributed by atoms with Crippen LogP contribution in [0.25, 0.3) is 12.2 Å². The van der Waals surface area contributed by atoms with E-state index in [0.29, 0.717) is 5.82 Å². The van der Waals surface area contributed by atoms with Crippen molar-refractivity contribution in [1.29, 1.82) is 0 Å². The van der Waals surface area contributed by atoms with Gasteiger partial charge in [-0.25, -0.2) is 4.98 Å². The third-order valence-corrected chi connectivity index (χ3v) is 2.45. The number of anilines is 1. The summed E-state index contributed by atoms with van der Waals surface area (Å²) in [5, 5.41) is 0. The van der Waals surface area contributed by atoms with Crippen LogP contribution < -0.4 is 5.73 Å². The van der Waals surface area contributed by atoms with Crippen molar-refractivity contribution in [2.75, 3.05) is 5.73 Å². The summed E-state index contributed by atoms with van der Waals surface area (Å²) in [5.74, 6) is 0.548. The first-order valence-corrected chi connectivity index (χ1v) is 5.21. The van der Waals surface area contributed by atoms with Crippen LogP contribution in [0.3, 0.4) is 0 Å². The van der Waals surface area contributed by atoms with E-state index >= 15 is 0 Å². The minimum Gasteiger partial charge on any atom is -0.384 e. The number of nitrogen functional groups attached to an aromatic ring is 1. The van der Waals surface area contributed by atoms with E-state index in [1.165, 1.54) is 11.1 Å². The minimum absolute atomic E-state index is 0.548. The fraction of sp³-hybridized carbons (Fsp3) is 0.0714. The van der Waals surface area contributed by atoms with Crippen molar-refractivity contribution < 1.29 is 0 Å². The summed E-state index contributed by atoms with van der Waals surface area (Å²) < 4.78 is 0. The molecule has 80 valence electrons. The lowest BCUT2D eigenvalue weighted by atomic mass is 10.1. The first kappa shape index (κ1) is 10.4. The van der Waals surface area contributed by atoms with E-state index in [-0.39, 0.29) is 0 Å². The molecule has 1 heterocycles. The quantitative estimate of drug-likeness (QED) is 0.827. The largest absolute Gasteiger partial charge is 0.384 e. The first-order chi connectivity index (χ1) is 7.75. The fourth-order valence-corrected chi connectivity index (χ4v) is 1.53. The van der Waals surface area contributed by atoms with Crippen molar-refractivity contribution in [3.05, 3.63) is 59.3 Å². The number of nitrogens with two attached hydrogens (primary N) is 1. The van der Waals surface area contributed by atoms with Crippen molar-refractivity contribution in [3.8, 4) is 0 Å². The second kappa shape index (κ2) is 4.62. The maximum atomic E-state index is 5.61. The van der Waals surface area contributed by atoms with Crippen molar-refractivity contribution in [2.45, 2.75) is 6.92 Å². The lowest BCUT2D eigenvalue weighted by Gasteiger charge is -1.99. The van der Waals surface area contributed by atoms with Gasteiger partial charge in [0.25, 0.3) is 0 Å². The molecule has 2 nitrogen and oxygen atoms in total. The normalized spacial score (nSPS) is 10.8. The summed E-state index contributed by atoms with van der Waals surface area (Å²) in [6.07, 6.45) is 5.84. The van der Waals surface area contributed by atoms with Gasteiger partial charge in [0, 0.05) is 6.20 Å². The zero-order chi connectivity index (χ0) is 11.4. The summed E-state index contributed by atoms with van der Waals surface area (Å²) in [4.78, 5) is 3.96. The molecule has 2 N–H and O–H groups in total. The minimum atomic E-state index is 0.548. The molecule has 0 aliphatic rings. The number of pyridine rings is 1. The summed E-state index contributed by atoms with van der Waals surface area (Å²) in [5.41, 5.74) is 9.16. The molecule has 16 heavy (non-hydrogen) atoms. The number of benzene rings is 1. The highest BCUT2D eigenvalue weighted by Gasteiger charge is 1.92. The Morgan fingerprint density at radius 3 is 2.69 bits per heavy atom.